The summed E-state index contributed by atoms with van der Waals surface area (Å²) < 4.78 is 3.26. The van der Waals surface area contributed by atoms with Gasteiger partial charge in [0.15, 0.2) is 0 Å². The van der Waals surface area contributed by atoms with Crippen LogP contribution in [0.15, 0.2) is 53.5 Å². The molecule has 0 fully saturated rings. The van der Waals surface area contributed by atoms with Gasteiger partial charge in [-0.2, -0.15) is 10.2 Å². The molecule has 2 aromatic heterocycles. The Morgan fingerprint density at radius 1 is 0.963 bits per heavy atom. The van der Waals surface area contributed by atoms with Crippen LogP contribution < -0.4 is 5.56 Å². The maximum Gasteiger partial charge on any atom is 0.293 e. The van der Waals surface area contributed by atoms with Crippen LogP contribution in [0.1, 0.15) is 27.9 Å². The van der Waals surface area contributed by atoms with Crippen LogP contribution in [-0.4, -0.2) is 19.6 Å². The van der Waals surface area contributed by atoms with Crippen molar-refractivity contribution in [1.29, 1.82) is 0 Å². The third kappa shape index (κ3) is 3.05. The van der Waals surface area contributed by atoms with Gasteiger partial charge in [0.1, 0.15) is 5.52 Å². The number of fused-ring (bicyclic) bond motifs is 1. The predicted octanol–water partition coefficient (Wildman–Crippen LogP) is 3.86. The number of aryl methyl sites for hydroxylation is 4. The molecule has 0 amide bonds. The first-order chi connectivity index (χ1) is 12.9. The van der Waals surface area contributed by atoms with E-state index < -0.39 is 0 Å². The van der Waals surface area contributed by atoms with Gasteiger partial charge in [-0.25, -0.2) is 9.36 Å². The highest BCUT2D eigenvalue weighted by molar-refractivity contribution is 5.81. The van der Waals surface area contributed by atoms with Crippen LogP contribution >= 0.6 is 0 Å². The van der Waals surface area contributed by atoms with Crippen molar-refractivity contribution < 1.29 is 0 Å². The smallest absolute Gasteiger partial charge is 0.265 e. The molecule has 4 rings (SSSR count). The lowest BCUT2D eigenvalue weighted by Crippen LogP contribution is -2.26. The minimum absolute atomic E-state index is 0.132. The largest absolute Gasteiger partial charge is 0.293 e. The molecule has 2 heterocycles. The maximum atomic E-state index is 13.2. The van der Waals surface area contributed by atoms with E-state index in [2.05, 4.69) is 42.2 Å². The molecule has 0 aliphatic carbocycles. The normalized spacial score (nSPS) is 11.3. The quantitative estimate of drug-likeness (QED) is 0.559. The number of nitrogens with zero attached hydrogens (tertiary/aromatic N) is 4. The third-order valence-corrected chi connectivity index (χ3v) is 5.02. The summed E-state index contributed by atoms with van der Waals surface area (Å²) in [5, 5.41) is 9.79. The Hall–Kier alpha value is -3.21. The molecule has 0 saturated carbocycles. The van der Waals surface area contributed by atoms with Crippen LogP contribution in [0.25, 0.3) is 16.6 Å². The first kappa shape index (κ1) is 17.2. The zero-order chi connectivity index (χ0) is 19.1. The van der Waals surface area contributed by atoms with E-state index in [-0.39, 0.29) is 5.56 Å². The molecule has 0 aliphatic rings. The van der Waals surface area contributed by atoms with Crippen molar-refractivity contribution in [3.8, 4) is 5.69 Å². The molecule has 0 aliphatic heterocycles. The van der Waals surface area contributed by atoms with Gasteiger partial charge in [-0.1, -0.05) is 35.9 Å². The third-order valence-electron chi connectivity index (χ3n) is 5.02. The van der Waals surface area contributed by atoms with E-state index in [1.807, 2.05) is 38.1 Å². The molecule has 2 aromatic carbocycles. The summed E-state index contributed by atoms with van der Waals surface area (Å²) in [6, 6.07) is 14.2. The standard InChI is InChI=1S/C22H22N4O/c1-14-6-5-7-18(10-14)13-25-22(27)21-20(17(4)24-25)12-23-26(21)19-9-8-15(2)16(3)11-19/h5-12H,13H2,1-4H3. The molecule has 0 atom stereocenters. The Morgan fingerprint density at radius 3 is 2.52 bits per heavy atom. The van der Waals surface area contributed by atoms with Crippen molar-refractivity contribution in [2.75, 3.05) is 0 Å². The van der Waals surface area contributed by atoms with E-state index >= 15 is 0 Å². The van der Waals surface area contributed by atoms with Gasteiger partial charge in [0.2, 0.25) is 0 Å². The molecule has 0 radical (unpaired) electrons. The zero-order valence-electron chi connectivity index (χ0n) is 16.0. The lowest BCUT2D eigenvalue weighted by atomic mass is 10.1. The fourth-order valence-corrected chi connectivity index (χ4v) is 3.37. The summed E-state index contributed by atoms with van der Waals surface area (Å²) in [6.45, 7) is 8.54. The van der Waals surface area contributed by atoms with Crippen LogP contribution in [0.2, 0.25) is 0 Å². The summed E-state index contributed by atoms with van der Waals surface area (Å²) in [7, 11) is 0. The van der Waals surface area contributed by atoms with Crippen LogP contribution in [0, 0.1) is 27.7 Å². The van der Waals surface area contributed by atoms with Crippen molar-refractivity contribution in [2.24, 2.45) is 0 Å². The van der Waals surface area contributed by atoms with Crippen molar-refractivity contribution in [3.05, 3.63) is 87.0 Å². The van der Waals surface area contributed by atoms with E-state index in [1.54, 1.807) is 10.9 Å². The topological polar surface area (TPSA) is 52.7 Å². The number of aromatic nitrogens is 4. The summed E-state index contributed by atoms with van der Waals surface area (Å²) >= 11 is 0. The van der Waals surface area contributed by atoms with E-state index in [0.717, 1.165) is 22.3 Å². The summed E-state index contributed by atoms with van der Waals surface area (Å²) in [5.74, 6) is 0. The maximum absolute atomic E-state index is 13.2. The predicted molar refractivity (Wildman–Crippen MR) is 108 cm³/mol. The second kappa shape index (κ2) is 6.50. The first-order valence-corrected chi connectivity index (χ1v) is 9.02. The Kier molecular flexibility index (Phi) is 4.15. The highest BCUT2D eigenvalue weighted by atomic mass is 16.1. The highest BCUT2D eigenvalue weighted by Crippen LogP contribution is 2.19. The molecule has 4 aromatic rings. The Labute approximate surface area is 157 Å². The molecular formula is C22H22N4O. The fourth-order valence-electron chi connectivity index (χ4n) is 3.37. The van der Waals surface area contributed by atoms with Crippen LogP contribution in [0.3, 0.4) is 0 Å². The van der Waals surface area contributed by atoms with Gasteiger partial charge < -0.3 is 0 Å². The molecule has 0 N–H and O–H groups in total. The van der Waals surface area contributed by atoms with Crippen molar-refractivity contribution >= 4 is 10.9 Å². The molecule has 0 spiro atoms. The minimum Gasteiger partial charge on any atom is -0.265 e. The minimum atomic E-state index is -0.132. The molecule has 0 saturated heterocycles. The van der Waals surface area contributed by atoms with Crippen molar-refractivity contribution in [2.45, 2.75) is 34.2 Å². The van der Waals surface area contributed by atoms with Gasteiger partial charge in [-0.05, 0) is 56.5 Å². The lowest BCUT2D eigenvalue weighted by molar-refractivity contribution is 0.634. The summed E-state index contributed by atoms with van der Waals surface area (Å²) in [6.07, 6.45) is 1.73. The zero-order valence-corrected chi connectivity index (χ0v) is 16.0. The lowest BCUT2D eigenvalue weighted by Gasteiger charge is -2.10. The van der Waals surface area contributed by atoms with Gasteiger partial charge in [-0.15, -0.1) is 0 Å². The van der Waals surface area contributed by atoms with Gasteiger partial charge in [0.05, 0.1) is 24.1 Å². The van der Waals surface area contributed by atoms with Crippen molar-refractivity contribution in [3.63, 3.8) is 0 Å². The van der Waals surface area contributed by atoms with Crippen LogP contribution in [-0.2, 0) is 6.54 Å². The molecule has 0 unspecified atom stereocenters. The van der Waals surface area contributed by atoms with E-state index in [9.17, 15) is 4.79 Å². The summed E-state index contributed by atoms with van der Waals surface area (Å²) in [5.41, 5.74) is 6.72. The molecular weight excluding hydrogens is 336 g/mol. The van der Waals surface area contributed by atoms with Gasteiger partial charge in [0, 0.05) is 5.39 Å². The van der Waals surface area contributed by atoms with Gasteiger partial charge in [0.25, 0.3) is 5.56 Å². The number of rotatable bonds is 3. The number of hydrogen-bond donors (Lipinski definition) is 0. The molecule has 5 nitrogen and oxygen atoms in total. The average molecular weight is 358 g/mol. The molecule has 5 heteroatoms. The van der Waals surface area contributed by atoms with Gasteiger partial charge in [-0.3, -0.25) is 4.79 Å². The summed E-state index contributed by atoms with van der Waals surface area (Å²) in [4.78, 5) is 13.2. The fraction of sp³-hybridized carbons (Fsp3) is 0.227. The van der Waals surface area contributed by atoms with Crippen molar-refractivity contribution in [1.82, 2.24) is 19.6 Å². The molecule has 0 bridgehead atoms. The second-order valence-corrected chi connectivity index (χ2v) is 7.12. The van der Waals surface area contributed by atoms with E-state index in [0.29, 0.717) is 12.1 Å². The molecule has 27 heavy (non-hydrogen) atoms. The van der Waals surface area contributed by atoms with Gasteiger partial charge >= 0.3 is 0 Å². The second-order valence-electron chi connectivity index (χ2n) is 7.12. The monoisotopic (exact) mass is 358 g/mol. The SMILES string of the molecule is Cc1cccc(Cn2nc(C)c3cnn(-c4ccc(C)c(C)c4)c3c2=O)c1. The Balaban J connectivity index is 1.89. The Morgan fingerprint density at radius 2 is 1.78 bits per heavy atom. The highest BCUT2D eigenvalue weighted by Gasteiger charge is 2.15. The van der Waals surface area contributed by atoms with E-state index in [1.165, 1.54) is 21.4 Å². The first-order valence-electron chi connectivity index (χ1n) is 9.02. The van der Waals surface area contributed by atoms with Crippen LogP contribution in [0.4, 0.5) is 0 Å². The Bertz CT molecular complexity index is 1220. The van der Waals surface area contributed by atoms with E-state index in [4.69, 9.17) is 0 Å². The number of hydrogen-bond acceptors (Lipinski definition) is 3. The molecule has 136 valence electrons. The number of benzene rings is 2. The van der Waals surface area contributed by atoms with Crippen LogP contribution in [0.5, 0.6) is 0 Å². The average Bonchev–Trinajstić information content (AvgIpc) is 3.08.